The van der Waals surface area contributed by atoms with Crippen LogP contribution < -0.4 is 5.32 Å². The Morgan fingerprint density at radius 1 is 1.07 bits per heavy atom. The predicted molar refractivity (Wildman–Crippen MR) is 106 cm³/mol. The zero-order valence-corrected chi connectivity index (χ0v) is 15.8. The lowest BCUT2D eigenvalue weighted by atomic mass is 9.68. The summed E-state index contributed by atoms with van der Waals surface area (Å²) in [5, 5.41) is 8.71. The Balaban J connectivity index is 1.29. The Bertz CT molecular complexity index is 935. The van der Waals surface area contributed by atoms with Gasteiger partial charge in [0, 0.05) is 23.9 Å². The lowest BCUT2D eigenvalue weighted by molar-refractivity contribution is 0.211. The molecular weight excluding hydrogens is 358 g/mol. The third-order valence-electron chi connectivity index (χ3n) is 6.04. The van der Waals surface area contributed by atoms with Crippen molar-refractivity contribution in [3.63, 3.8) is 0 Å². The highest BCUT2D eigenvalue weighted by Crippen LogP contribution is 2.45. The topological polar surface area (TPSA) is 51.0 Å². The maximum Gasteiger partial charge on any atom is 0.259 e. The van der Waals surface area contributed by atoms with Crippen LogP contribution in [0, 0.1) is 0 Å². The van der Waals surface area contributed by atoms with E-state index in [1.165, 1.54) is 18.4 Å². The summed E-state index contributed by atoms with van der Waals surface area (Å²) in [7, 11) is 0. The normalized spacial score (nSPS) is 23.0. The van der Waals surface area contributed by atoms with Crippen molar-refractivity contribution >= 4 is 11.6 Å². The molecule has 2 aliphatic carbocycles. The van der Waals surface area contributed by atoms with Gasteiger partial charge in [0.2, 0.25) is 0 Å². The van der Waals surface area contributed by atoms with Gasteiger partial charge in [-0.1, -0.05) is 65.6 Å². The molecule has 5 heteroatoms. The molecule has 1 heterocycles. The number of aromatic nitrogens is 2. The molecule has 0 spiro atoms. The van der Waals surface area contributed by atoms with Crippen molar-refractivity contribution in [1.82, 2.24) is 15.5 Å². The van der Waals surface area contributed by atoms with Crippen LogP contribution >= 0.6 is 11.6 Å². The van der Waals surface area contributed by atoms with Gasteiger partial charge in [-0.3, -0.25) is 0 Å². The van der Waals surface area contributed by atoms with Gasteiger partial charge in [-0.15, -0.1) is 0 Å². The summed E-state index contributed by atoms with van der Waals surface area (Å²) in [6, 6.07) is 18.9. The molecular formula is C22H22ClN3O. The minimum atomic E-state index is -0.00711. The minimum Gasteiger partial charge on any atom is -0.334 e. The first-order valence-corrected chi connectivity index (χ1v) is 10.0. The van der Waals surface area contributed by atoms with Crippen LogP contribution in [0.25, 0.3) is 11.5 Å². The molecule has 4 nitrogen and oxygen atoms in total. The molecule has 0 saturated heterocycles. The summed E-state index contributed by atoms with van der Waals surface area (Å²) in [6.07, 6.45) is 4.62. The van der Waals surface area contributed by atoms with Gasteiger partial charge in [-0.05, 0) is 37.0 Å². The molecule has 1 N–H and O–H groups in total. The fourth-order valence-corrected chi connectivity index (χ4v) is 4.30. The van der Waals surface area contributed by atoms with Crippen LogP contribution in [0.1, 0.15) is 43.0 Å². The lowest BCUT2D eigenvalue weighted by Crippen LogP contribution is -2.45. The van der Waals surface area contributed by atoms with E-state index in [4.69, 9.17) is 21.1 Å². The second-order valence-electron chi connectivity index (χ2n) is 7.78. The molecule has 0 radical (unpaired) electrons. The first-order chi connectivity index (χ1) is 13.3. The van der Waals surface area contributed by atoms with E-state index in [0.717, 1.165) is 30.8 Å². The van der Waals surface area contributed by atoms with Crippen molar-refractivity contribution in [3.05, 3.63) is 71.0 Å². The molecule has 138 valence electrons. The van der Waals surface area contributed by atoms with Gasteiger partial charge in [-0.2, -0.15) is 4.98 Å². The second-order valence-corrected chi connectivity index (χ2v) is 8.18. The van der Waals surface area contributed by atoms with Gasteiger partial charge in [-0.25, -0.2) is 0 Å². The highest BCUT2D eigenvalue weighted by atomic mass is 35.5. The average Bonchev–Trinajstić information content (AvgIpc) is 3.28. The van der Waals surface area contributed by atoms with Crippen LogP contribution in [0.3, 0.4) is 0 Å². The molecule has 2 aromatic carbocycles. The SMILES string of the molecule is Clc1ccccc1-c1nc(C2(CNC3C[C@@H]3c3ccccc3)CCC2)no1. The largest absolute Gasteiger partial charge is 0.334 e. The number of benzene rings is 2. The maximum absolute atomic E-state index is 6.28. The van der Waals surface area contributed by atoms with E-state index in [1.54, 1.807) is 0 Å². The van der Waals surface area contributed by atoms with E-state index in [1.807, 2.05) is 24.3 Å². The standard InChI is InChI=1S/C22H22ClN3O/c23-18-10-5-4-9-16(18)20-25-21(26-27-20)22(11-6-12-22)14-24-19-13-17(19)15-7-2-1-3-8-15/h1-5,7-10,17,19,24H,6,11-14H2/t17-,19?/m1/s1. The summed E-state index contributed by atoms with van der Waals surface area (Å²) in [5.41, 5.74) is 2.22. The zero-order chi connectivity index (χ0) is 18.3. The van der Waals surface area contributed by atoms with Gasteiger partial charge in [0.25, 0.3) is 5.89 Å². The summed E-state index contributed by atoms with van der Waals surface area (Å²) < 4.78 is 5.55. The summed E-state index contributed by atoms with van der Waals surface area (Å²) in [5.74, 6) is 1.95. The predicted octanol–water partition coefficient (Wildman–Crippen LogP) is 4.96. The quantitative estimate of drug-likeness (QED) is 0.657. The molecule has 2 saturated carbocycles. The van der Waals surface area contributed by atoms with Crippen molar-refractivity contribution in [3.8, 4) is 11.5 Å². The monoisotopic (exact) mass is 379 g/mol. The number of hydrogen-bond donors (Lipinski definition) is 1. The number of nitrogens with zero attached hydrogens (tertiary/aromatic N) is 2. The molecule has 2 fully saturated rings. The number of hydrogen-bond acceptors (Lipinski definition) is 4. The number of nitrogens with one attached hydrogen (secondary N) is 1. The van der Waals surface area contributed by atoms with E-state index < -0.39 is 0 Å². The first kappa shape index (κ1) is 17.0. The van der Waals surface area contributed by atoms with Gasteiger partial charge in [0.1, 0.15) is 0 Å². The minimum absolute atomic E-state index is 0.00711. The Labute approximate surface area is 163 Å². The first-order valence-electron chi connectivity index (χ1n) is 9.63. The molecule has 1 unspecified atom stereocenters. The molecule has 1 aromatic heterocycles. The fraction of sp³-hybridized carbons (Fsp3) is 0.364. The molecule has 27 heavy (non-hydrogen) atoms. The Kier molecular flexibility index (Phi) is 4.25. The van der Waals surface area contributed by atoms with E-state index >= 15 is 0 Å². The third kappa shape index (κ3) is 3.17. The smallest absolute Gasteiger partial charge is 0.259 e. The molecule has 0 bridgehead atoms. The van der Waals surface area contributed by atoms with E-state index in [2.05, 4.69) is 40.8 Å². The van der Waals surface area contributed by atoms with Crippen LogP contribution in [-0.2, 0) is 5.41 Å². The highest BCUT2D eigenvalue weighted by molar-refractivity contribution is 6.33. The van der Waals surface area contributed by atoms with Gasteiger partial charge in [0.15, 0.2) is 5.82 Å². The van der Waals surface area contributed by atoms with Crippen molar-refractivity contribution < 1.29 is 4.52 Å². The molecule has 0 aliphatic heterocycles. The van der Waals surface area contributed by atoms with Crippen molar-refractivity contribution in [2.24, 2.45) is 0 Å². The summed E-state index contributed by atoms with van der Waals surface area (Å²) in [4.78, 5) is 4.71. The third-order valence-corrected chi connectivity index (χ3v) is 6.37. The average molecular weight is 380 g/mol. The number of halogens is 1. The second kappa shape index (κ2) is 6.77. The van der Waals surface area contributed by atoms with Crippen LogP contribution in [0.5, 0.6) is 0 Å². The maximum atomic E-state index is 6.28. The van der Waals surface area contributed by atoms with Crippen LogP contribution in [0.4, 0.5) is 0 Å². The summed E-state index contributed by atoms with van der Waals surface area (Å²) >= 11 is 6.28. The van der Waals surface area contributed by atoms with Gasteiger partial charge < -0.3 is 9.84 Å². The van der Waals surface area contributed by atoms with E-state index in [0.29, 0.717) is 22.9 Å². The Hall–Kier alpha value is -2.17. The molecule has 2 aliphatic rings. The molecule has 2 atom stereocenters. The number of rotatable bonds is 6. The summed E-state index contributed by atoms with van der Waals surface area (Å²) in [6.45, 7) is 0.905. The van der Waals surface area contributed by atoms with Crippen LogP contribution in [-0.4, -0.2) is 22.7 Å². The molecule has 0 amide bonds. The van der Waals surface area contributed by atoms with Gasteiger partial charge >= 0.3 is 0 Å². The van der Waals surface area contributed by atoms with Crippen molar-refractivity contribution in [1.29, 1.82) is 0 Å². The highest BCUT2D eigenvalue weighted by Gasteiger charge is 2.46. The van der Waals surface area contributed by atoms with E-state index in [9.17, 15) is 0 Å². The van der Waals surface area contributed by atoms with E-state index in [-0.39, 0.29) is 5.41 Å². The fourth-order valence-electron chi connectivity index (χ4n) is 4.08. The van der Waals surface area contributed by atoms with Crippen molar-refractivity contribution in [2.45, 2.75) is 43.1 Å². The zero-order valence-electron chi connectivity index (χ0n) is 15.1. The van der Waals surface area contributed by atoms with Crippen molar-refractivity contribution in [2.75, 3.05) is 6.54 Å². The van der Waals surface area contributed by atoms with Crippen LogP contribution in [0.15, 0.2) is 59.1 Å². The Morgan fingerprint density at radius 3 is 2.59 bits per heavy atom. The molecule has 5 rings (SSSR count). The van der Waals surface area contributed by atoms with Gasteiger partial charge in [0.05, 0.1) is 10.6 Å². The lowest BCUT2D eigenvalue weighted by Gasteiger charge is -2.39. The van der Waals surface area contributed by atoms with Crippen LogP contribution in [0.2, 0.25) is 5.02 Å². The molecule has 3 aromatic rings. The Morgan fingerprint density at radius 2 is 1.85 bits per heavy atom.